The van der Waals surface area contributed by atoms with Crippen molar-refractivity contribution >= 4 is 5.91 Å². The number of hydrogen-bond donors (Lipinski definition) is 1. The van der Waals surface area contributed by atoms with Crippen LogP contribution < -0.4 is 5.32 Å². The van der Waals surface area contributed by atoms with Crippen molar-refractivity contribution in [2.24, 2.45) is 5.92 Å². The molecule has 1 amide bonds. The first-order valence-electron chi connectivity index (χ1n) is 4.78. The molecule has 0 aliphatic carbocycles. The van der Waals surface area contributed by atoms with Gasteiger partial charge in [-0.25, -0.2) is 0 Å². The minimum atomic E-state index is -0.106. The van der Waals surface area contributed by atoms with Gasteiger partial charge in [-0.05, 0) is 5.92 Å². The lowest BCUT2D eigenvalue weighted by Gasteiger charge is -2.18. The third-order valence-electron chi connectivity index (χ3n) is 2.68. The standard InChI is InChI=1S/C9H15NO3/c1-6-4-8(11)10-7(6)5-9-12-2-3-13-9/h6-7,9H,2-5H2,1H3,(H,10,11)/t6-,7+/m0/s1. The number of hydrogen-bond acceptors (Lipinski definition) is 3. The van der Waals surface area contributed by atoms with Crippen LogP contribution in [-0.4, -0.2) is 31.5 Å². The summed E-state index contributed by atoms with van der Waals surface area (Å²) in [5.74, 6) is 0.552. The Hall–Kier alpha value is -0.610. The molecule has 0 spiro atoms. The predicted octanol–water partition coefficient (Wildman–Crippen LogP) is 0.274. The fourth-order valence-electron chi connectivity index (χ4n) is 1.88. The number of carbonyl (C=O) groups excluding carboxylic acids is 1. The summed E-state index contributed by atoms with van der Waals surface area (Å²) in [6, 6.07) is 0.232. The molecule has 2 saturated heterocycles. The van der Waals surface area contributed by atoms with E-state index in [2.05, 4.69) is 12.2 Å². The molecule has 2 aliphatic rings. The van der Waals surface area contributed by atoms with E-state index < -0.39 is 0 Å². The molecule has 4 nitrogen and oxygen atoms in total. The second-order valence-corrected chi connectivity index (χ2v) is 3.76. The van der Waals surface area contributed by atoms with E-state index in [0.717, 1.165) is 6.42 Å². The molecule has 74 valence electrons. The molecule has 0 aromatic rings. The lowest BCUT2D eigenvalue weighted by atomic mass is 10.0. The highest BCUT2D eigenvalue weighted by Crippen LogP contribution is 2.22. The molecule has 2 heterocycles. The second-order valence-electron chi connectivity index (χ2n) is 3.76. The Labute approximate surface area is 77.6 Å². The van der Waals surface area contributed by atoms with Gasteiger partial charge in [0.25, 0.3) is 0 Å². The van der Waals surface area contributed by atoms with E-state index in [0.29, 0.717) is 25.6 Å². The molecule has 1 N–H and O–H groups in total. The van der Waals surface area contributed by atoms with Gasteiger partial charge in [0.1, 0.15) is 0 Å². The number of amides is 1. The van der Waals surface area contributed by atoms with Crippen molar-refractivity contribution in [3.05, 3.63) is 0 Å². The van der Waals surface area contributed by atoms with Gasteiger partial charge in [-0.2, -0.15) is 0 Å². The highest BCUT2D eigenvalue weighted by molar-refractivity contribution is 5.78. The Balaban J connectivity index is 1.83. The summed E-state index contributed by atoms with van der Waals surface area (Å²) in [6.45, 7) is 3.44. The normalized spacial score (nSPS) is 35.3. The summed E-state index contributed by atoms with van der Waals surface area (Å²) < 4.78 is 10.6. The first-order valence-corrected chi connectivity index (χ1v) is 4.78. The topological polar surface area (TPSA) is 47.6 Å². The number of ether oxygens (including phenoxy) is 2. The van der Waals surface area contributed by atoms with E-state index in [9.17, 15) is 4.79 Å². The lowest BCUT2D eigenvalue weighted by molar-refractivity contribution is -0.119. The van der Waals surface area contributed by atoms with Crippen LogP contribution in [0.15, 0.2) is 0 Å². The van der Waals surface area contributed by atoms with E-state index >= 15 is 0 Å². The molecule has 13 heavy (non-hydrogen) atoms. The van der Waals surface area contributed by atoms with Gasteiger partial charge in [0.2, 0.25) is 5.91 Å². The van der Waals surface area contributed by atoms with Crippen molar-refractivity contribution in [2.45, 2.75) is 32.1 Å². The van der Waals surface area contributed by atoms with Crippen LogP contribution in [0.4, 0.5) is 0 Å². The van der Waals surface area contributed by atoms with Crippen LogP contribution in [0.1, 0.15) is 19.8 Å². The maximum absolute atomic E-state index is 11.0. The molecule has 2 rings (SSSR count). The third kappa shape index (κ3) is 2.00. The van der Waals surface area contributed by atoms with Gasteiger partial charge in [0.15, 0.2) is 6.29 Å². The van der Waals surface area contributed by atoms with Crippen molar-refractivity contribution in [1.82, 2.24) is 5.32 Å². The fourth-order valence-corrected chi connectivity index (χ4v) is 1.88. The summed E-state index contributed by atoms with van der Waals surface area (Å²) in [4.78, 5) is 11.0. The van der Waals surface area contributed by atoms with E-state index in [-0.39, 0.29) is 18.2 Å². The van der Waals surface area contributed by atoms with Crippen LogP contribution in [0.25, 0.3) is 0 Å². The maximum atomic E-state index is 11.0. The Kier molecular flexibility index (Phi) is 2.51. The van der Waals surface area contributed by atoms with Crippen molar-refractivity contribution in [3.8, 4) is 0 Å². The van der Waals surface area contributed by atoms with Crippen LogP contribution in [0.5, 0.6) is 0 Å². The molecule has 0 bridgehead atoms. The van der Waals surface area contributed by atoms with Gasteiger partial charge in [0.05, 0.1) is 13.2 Å². The second kappa shape index (κ2) is 3.64. The van der Waals surface area contributed by atoms with Gasteiger partial charge >= 0.3 is 0 Å². The van der Waals surface area contributed by atoms with Crippen LogP contribution in [0.3, 0.4) is 0 Å². The van der Waals surface area contributed by atoms with E-state index in [1.807, 2.05) is 0 Å². The summed E-state index contributed by atoms with van der Waals surface area (Å²) in [6.07, 6.45) is 1.32. The molecule has 4 heteroatoms. The molecule has 2 fully saturated rings. The Morgan fingerprint density at radius 2 is 2.15 bits per heavy atom. The van der Waals surface area contributed by atoms with Gasteiger partial charge in [-0.3, -0.25) is 4.79 Å². The Morgan fingerprint density at radius 3 is 2.69 bits per heavy atom. The fraction of sp³-hybridized carbons (Fsp3) is 0.889. The summed E-state index contributed by atoms with van der Waals surface area (Å²) in [5, 5.41) is 2.93. The zero-order chi connectivity index (χ0) is 9.26. The third-order valence-corrected chi connectivity index (χ3v) is 2.68. The molecule has 0 radical (unpaired) electrons. The van der Waals surface area contributed by atoms with E-state index in [1.54, 1.807) is 0 Å². The van der Waals surface area contributed by atoms with Crippen LogP contribution >= 0.6 is 0 Å². The van der Waals surface area contributed by atoms with Gasteiger partial charge in [-0.15, -0.1) is 0 Å². The van der Waals surface area contributed by atoms with Crippen molar-refractivity contribution in [1.29, 1.82) is 0 Å². The first-order chi connectivity index (χ1) is 6.25. The zero-order valence-electron chi connectivity index (χ0n) is 7.79. The highest BCUT2D eigenvalue weighted by atomic mass is 16.7. The molecular weight excluding hydrogens is 170 g/mol. The molecular formula is C9H15NO3. The average molecular weight is 185 g/mol. The minimum Gasteiger partial charge on any atom is -0.353 e. The molecule has 0 aromatic heterocycles. The molecule has 0 unspecified atom stereocenters. The Bertz CT molecular complexity index is 201. The van der Waals surface area contributed by atoms with Crippen molar-refractivity contribution < 1.29 is 14.3 Å². The van der Waals surface area contributed by atoms with Crippen molar-refractivity contribution in [2.75, 3.05) is 13.2 Å². The first kappa shape index (κ1) is 8.97. The van der Waals surface area contributed by atoms with Crippen molar-refractivity contribution in [3.63, 3.8) is 0 Å². The number of carbonyl (C=O) groups is 1. The Morgan fingerprint density at radius 1 is 1.46 bits per heavy atom. The van der Waals surface area contributed by atoms with E-state index in [1.165, 1.54) is 0 Å². The highest BCUT2D eigenvalue weighted by Gasteiger charge is 2.32. The molecule has 0 aromatic carbocycles. The molecule has 2 aliphatic heterocycles. The largest absolute Gasteiger partial charge is 0.353 e. The average Bonchev–Trinajstić information content (AvgIpc) is 2.63. The summed E-state index contributed by atoms with van der Waals surface area (Å²) >= 11 is 0. The van der Waals surface area contributed by atoms with Gasteiger partial charge in [0, 0.05) is 18.9 Å². The van der Waals surface area contributed by atoms with Gasteiger partial charge < -0.3 is 14.8 Å². The van der Waals surface area contributed by atoms with Gasteiger partial charge in [-0.1, -0.05) is 6.92 Å². The molecule has 0 saturated carbocycles. The number of nitrogens with one attached hydrogen (secondary N) is 1. The molecule has 2 atom stereocenters. The summed E-state index contributed by atoms with van der Waals surface area (Å²) in [7, 11) is 0. The predicted molar refractivity (Wildman–Crippen MR) is 46.0 cm³/mol. The smallest absolute Gasteiger partial charge is 0.220 e. The maximum Gasteiger partial charge on any atom is 0.220 e. The SMILES string of the molecule is C[C@H]1CC(=O)N[C@@H]1CC1OCCO1. The lowest BCUT2D eigenvalue weighted by Crippen LogP contribution is -2.32. The van der Waals surface area contributed by atoms with Crippen LogP contribution in [0.2, 0.25) is 0 Å². The monoisotopic (exact) mass is 185 g/mol. The zero-order valence-corrected chi connectivity index (χ0v) is 7.79. The number of rotatable bonds is 2. The van der Waals surface area contributed by atoms with E-state index in [4.69, 9.17) is 9.47 Å². The van der Waals surface area contributed by atoms with Crippen LogP contribution in [-0.2, 0) is 14.3 Å². The quantitative estimate of drug-likeness (QED) is 0.672. The van der Waals surface area contributed by atoms with Crippen LogP contribution in [0, 0.1) is 5.92 Å². The minimum absolute atomic E-state index is 0.106. The summed E-state index contributed by atoms with van der Waals surface area (Å²) in [5.41, 5.74) is 0.